The molecule has 0 aliphatic rings. The Morgan fingerprint density at radius 3 is 2.26 bits per heavy atom. The van der Waals surface area contributed by atoms with Crippen LogP contribution in [-0.4, -0.2) is 40.0 Å². The molecule has 2 aromatic carbocycles. The summed E-state index contributed by atoms with van der Waals surface area (Å²) in [6, 6.07) is 12.2. The van der Waals surface area contributed by atoms with Crippen molar-refractivity contribution in [2.24, 2.45) is 0 Å². The molecule has 27 heavy (non-hydrogen) atoms. The Balaban J connectivity index is 2.50. The number of hydrogen-bond acceptors (Lipinski definition) is 6. The molecule has 1 N–H and O–H groups in total. The first kappa shape index (κ1) is 21.3. The van der Waals surface area contributed by atoms with Gasteiger partial charge in [0.25, 0.3) is 7.37 Å². The predicted molar refractivity (Wildman–Crippen MR) is 109 cm³/mol. The number of rotatable bonds is 9. The van der Waals surface area contributed by atoms with Gasteiger partial charge in [0.15, 0.2) is 5.85 Å². The van der Waals surface area contributed by atoms with E-state index in [-0.39, 0.29) is 6.61 Å². The van der Waals surface area contributed by atoms with Crippen molar-refractivity contribution in [3.05, 3.63) is 48.0 Å². The van der Waals surface area contributed by atoms with E-state index in [0.717, 1.165) is 5.69 Å². The lowest BCUT2D eigenvalue weighted by atomic mass is 10.2. The Labute approximate surface area is 161 Å². The standard InChI is InChI=1S/C20H28NO5P/c1-6-13-26-27(23,17-10-7-15(8-11-17)21(2)3)20(22)18-12-9-16(24-4)14-19(18)25-5/h7-12,14,20,22H,6,13H2,1-5H3/t20-,27+/m1/s1. The minimum atomic E-state index is -3.60. The van der Waals surface area contributed by atoms with Crippen molar-refractivity contribution in [3.63, 3.8) is 0 Å². The lowest BCUT2D eigenvalue weighted by Crippen LogP contribution is -2.16. The van der Waals surface area contributed by atoms with Crippen LogP contribution < -0.4 is 19.7 Å². The molecular formula is C20H28NO5P. The van der Waals surface area contributed by atoms with Crippen LogP contribution in [0.5, 0.6) is 11.5 Å². The first-order chi connectivity index (χ1) is 12.9. The first-order valence-electron chi connectivity index (χ1n) is 8.79. The van der Waals surface area contributed by atoms with Gasteiger partial charge >= 0.3 is 0 Å². The third-order valence-corrected chi connectivity index (χ3v) is 6.76. The predicted octanol–water partition coefficient (Wildman–Crippen LogP) is 3.79. The van der Waals surface area contributed by atoms with Crippen molar-refractivity contribution < 1.29 is 23.7 Å². The van der Waals surface area contributed by atoms with Crippen molar-refractivity contribution in [1.29, 1.82) is 0 Å². The zero-order chi connectivity index (χ0) is 20.0. The lowest BCUT2D eigenvalue weighted by Gasteiger charge is -2.26. The fourth-order valence-corrected chi connectivity index (χ4v) is 4.86. The smallest absolute Gasteiger partial charge is 0.264 e. The minimum Gasteiger partial charge on any atom is -0.497 e. The Kier molecular flexibility index (Phi) is 7.31. The Bertz CT molecular complexity index is 791. The van der Waals surface area contributed by atoms with Gasteiger partial charge in [0.1, 0.15) is 11.5 Å². The summed E-state index contributed by atoms with van der Waals surface area (Å²) >= 11 is 0. The van der Waals surface area contributed by atoms with Crippen LogP contribution in [0, 0.1) is 0 Å². The van der Waals surface area contributed by atoms with E-state index in [1.54, 1.807) is 37.4 Å². The summed E-state index contributed by atoms with van der Waals surface area (Å²) < 4.78 is 30.1. The quantitative estimate of drug-likeness (QED) is 0.654. The highest BCUT2D eigenvalue weighted by Gasteiger charge is 2.38. The van der Waals surface area contributed by atoms with Gasteiger partial charge in [0.05, 0.1) is 20.8 Å². The SMILES string of the molecule is CCCO[P@@](=O)(c1ccc(N(C)C)cc1)[C@@H](O)c1ccc(OC)cc1OC. The zero-order valence-corrected chi connectivity index (χ0v) is 17.4. The number of anilines is 1. The third-order valence-electron chi connectivity index (χ3n) is 4.25. The molecule has 0 amide bonds. The van der Waals surface area contributed by atoms with Crippen molar-refractivity contribution >= 4 is 18.4 Å². The second-order valence-electron chi connectivity index (χ2n) is 6.32. The molecule has 0 saturated heterocycles. The summed E-state index contributed by atoms with van der Waals surface area (Å²) in [5, 5.41) is 11.5. The fourth-order valence-electron chi connectivity index (χ4n) is 2.69. The molecular weight excluding hydrogens is 365 g/mol. The van der Waals surface area contributed by atoms with Crippen molar-refractivity contribution in [2.75, 3.05) is 39.8 Å². The Morgan fingerprint density at radius 1 is 1.07 bits per heavy atom. The average Bonchev–Trinajstić information content (AvgIpc) is 2.70. The molecule has 2 aromatic rings. The molecule has 0 spiro atoms. The van der Waals surface area contributed by atoms with Gasteiger partial charge < -0.3 is 24.0 Å². The normalized spacial score (nSPS) is 14.3. The summed E-state index contributed by atoms with van der Waals surface area (Å²) in [5.41, 5.74) is 1.37. The fraction of sp³-hybridized carbons (Fsp3) is 0.400. The molecule has 0 unspecified atom stereocenters. The third kappa shape index (κ3) is 4.64. The first-order valence-corrected chi connectivity index (χ1v) is 10.5. The molecule has 0 aliphatic carbocycles. The molecule has 0 fully saturated rings. The molecule has 148 valence electrons. The molecule has 0 bridgehead atoms. The molecule has 7 heteroatoms. The topological polar surface area (TPSA) is 68.2 Å². The maximum absolute atomic E-state index is 13.8. The highest BCUT2D eigenvalue weighted by atomic mass is 31.2. The highest BCUT2D eigenvalue weighted by Crippen LogP contribution is 2.59. The van der Waals surface area contributed by atoms with Crippen molar-refractivity contribution in [3.8, 4) is 11.5 Å². The summed E-state index contributed by atoms with van der Waals surface area (Å²) in [6.45, 7) is 2.21. The average molecular weight is 393 g/mol. The molecule has 2 rings (SSSR count). The molecule has 0 saturated carbocycles. The van der Waals surface area contributed by atoms with E-state index in [9.17, 15) is 9.67 Å². The van der Waals surface area contributed by atoms with E-state index < -0.39 is 13.2 Å². The van der Waals surface area contributed by atoms with Crippen LogP contribution in [0.25, 0.3) is 0 Å². The number of benzene rings is 2. The Morgan fingerprint density at radius 2 is 1.74 bits per heavy atom. The Hall–Kier alpha value is -2.01. The van der Waals surface area contributed by atoms with E-state index in [1.807, 2.05) is 38.1 Å². The van der Waals surface area contributed by atoms with Crippen LogP contribution in [0.4, 0.5) is 5.69 Å². The van der Waals surface area contributed by atoms with E-state index in [0.29, 0.717) is 28.8 Å². The number of hydrogen-bond donors (Lipinski definition) is 1. The van der Waals surface area contributed by atoms with Crippen LogP contribution in [0.3, 0.4) is 0 Å². The van der Waals surface area contributed by atoms with E-state index >= 15 is 0 Å². The number of aliphatic hydroxyl groups excluding tert-OH is 1. The van der Waals surface area contributed by atoms with Crippen LogP contribution in [0.2, 0.25) is 0 Å². The van der Waals surface area contributed by atoms with Gasteiger partial charge in [-0.15, -0.1) is 0 Å². The van der Waals surface area contributed by atoms with Crippen LogP contribution >= 0.6 is 7.37 Å². The molecule has 6 nitrogen and oxygen atoms in total. The lowest BCUT2D eigenvalue weighted by molar-refractivity contribution is 0.210. The maximum atomic E-state index is 13.8. The summed E-state index contributed by atoms with van der Waals surface area (Å²) in [6.07, 6.45) is 0.687. The second-order valence-corrected chi connectivity index (χ2v) is 8.78. The van der Waals surface area contributed by atoms with Gasteiger partial charge in [0, 0.05) is 36.7 Å². The van der Waals surface area contributed by atoms with Gasteiger partial charge in [0.2, 0.25) is 0 Å². The zero-order valence-electron chi connectivity index (χ0n) is 16.5. The van der Waals surface area contributed by atoms with Gasteiger partial charge in [-0.2, -0.15) is 0 Å². The molecule has 0 radical (unpaired) electrons. The summed E-state index contributed by atoms with van der Waals surface area (Å²) in [7, 11) is 3.30. The van der Waals surface area contributed by atoms with Gasteiger partial charge in [-0.25, -0.2) is 0 Å². The molecule has 0 heterocycles. The minimum absolute atomic E-state index is 0.280. The summed E-state index contributed by atoms with van der Waals surface area (Å²) in [4.78, 5) is 1.95. The van der Waals surface area contributed by atoms with Crippen molar-refractivity contribution in [2.45, 2.75) is 19.2 Å². The van der Waals surface area contributed by atoms with E-state index in [1.165, 1.54) is 7.11 Å². The highest BCUT2D eigenvalue weighted by molar-refractivity contribution is 7.67. The van der Waals surface area contributed by atoms with Crippen LogP contribution in [0.15, 0.2) is 42.5 Å². The van der Waals surface area contributed by atoms with Crippen LogP contribution in [-0.2, 0) is 9.09 Å². The second kappa shape index (κ2) is 9.27. The number of ether oxygens (including phenoxy) is 2. The molecule has 2 atom stereocenters. The van der Waals surface area contributed by atoms with Crippen LogP contribution in [0.1, 0.15) is 24.8 Å². The largest absolute Gasteiger partial charge is 0.497 e. The van der Waals surface area contributed by atoms with Gasteiger partial charge in [-0.05, 0) is 42.8 Å². The van der Waals surface area contributed by atoms with Gasteiger partial charge in [-0.3, -0.25) is 4.57 Å². The summed E-state index contributed by atoms with van der Waals surface area (Å²) in [5.74, 6) is -0.371. The number of aliphatic hydroxyl groups is 1. The van der Waals surface area contributed by atoms with Gasteiger partial charge in [-0.1, -0.05) is 6.92 Å². The number of nitrogens with zero attached hydrogens (tertiary/aromatic N) is 1. The maximum Gasteiger partial charge on any atom is 0.264 e. The molecule has 0 aliphatic heterocycles. The van der Waals surface area contributed by atoms with E-state index in [2.05, 4.69) is 0 Å². The monoisotopic (exact) mass is 393 g/mol. The van der Waals surface area contributed by atoms with E-state index in [4.69, 9.17) is 14.0 Å². The number of methoxy groups -OCH3 is 2. The van der Waals surface area contributed by atoms with Crippen molar-refractivity contribution in [1.82, 2.24) is 0 Å². The molecule has 0 aromatic heterocycles.